The molecule has 0 bridgehead atoms. The van der Waals surface area contributed by atoms with Crippen molar-refractivity contribution in [2.24, 2.45) is 0 Å². The number of benzene rings is 1. The van der Waals surface area contributed by atoms with Crippen molar-refractivity contribution in [2.75, 3.05) is 19.3 Å². The smallest absolute Gasteiger partial charge is 0.0753 e. The molecular weight excluding hydrogens is 196 g/mol. The average Bonchev–Trinajstić information content (AvgIpc) is 2.30. The number of quaternary nitrogens is 1. The first-order valence-corrected chi connectivity index (χ1v) is 6.46. The van der Waals surface area contributed by atoms with E-state index in [-0.39, 0.29) is 0 Å². The Kier molecular flexibility index (Phi) is 6.66. The number of para-hydroxylation sites is 1. The molecular formula is C14H25N2+. The van der Waals surface area contributed by atoms with Crippen molar-refractivity contribution < 1.29 is 5.32 Å². The standard InChI is InChI=1S/C14H24N2/c1-16-12-8-4-2-3-5-9-13-10-6-7-11-14(13)15/h6-7,10-11,16H,2-5,8-9,12,15H2,1H3/p+1. The first-order chi connectivity index (χ1) is 7.84. The van der Waals surface area contributed by atoms with E-state index in [4.69, 9.17) is 5.73 Å². The first kappa shape index (κ1) is 13.0. The van der Waals surface area contributed by atoms with E-state index in [0.717, 1.165) is 12.1 Å². The van der Waals surface area contributed by atoms with Crippen LogP contribution in [0.4, 0.5) is 5.69 Å². The predicted molar refractivity (Wildman–Crippen MR) is 70.4 cm³/mol. The Balaban J connectivity index is 2.05. The maximum absolute atomic E-state index is 5.90. The predicted octanol–water partition coefficient (Wildman–Crippen LogP) is 1.95. The van der Waals surface area contributed by atoms with Crippen LogP contribution in [0.25, 0.3) is 0 Å². The molecule has 90 valence electrons. The summed E-state index contributed by atoms with van der Waals surface area (Å²) in [6, 6.07) is 8.21. The third-order valence-electron chi connectivity index (χ3n) is 2.99. The first-order valence-electron chi connectivity index (χ1n) is 6.46. The van der Waals surface area contributed by atoms with Gasteiger partial charge in [-0.05, 0) is 37.3 Å². The molecule has 2 heteroatoms. The Hall–Kier alpha value is -1.02. The van der Waals surface area contributed by atoms with Crippen LogP contribution in [0.15, 0.2) is 24.3 Å². The number of nitrogens with two attached hydrogens (primary N) is 2. The van der Waals surface area contributed by atoms with E-state index in [1.165, 1.54) is 44.2 Å². The average molecular weight is 221 g/mol. The number of hydrogen-bond acceptors (Lipinski definition) is 1. The molecule has 1 aromatic rings. The molecule has 0 amide bonds. The lowest BCUT2D eigenvalue weighted by Gasteiger charge is -2.04. The fraction of sp³-hybridized carbons (Fsp3) is 0.571. The van der Waals surface area contributed by atoms with E-state index in [9.17, 15) is 0 Å². The number of unbranched alkanes of at least 4 members (excludes halogenated alkanes) is 4. The fourth-order valence-corrected chi connectivity index (χ4v) is 1.96. The van der Waals surface area contributed by atoms with E-state index < -0.39 is 0 Å². The molecule has 0 atom stereocenters. The lowest BCUT2D eigenvalue weighted by Crippen LogP contribution is -2.79. The van der Waals surface area contributed by atoms with Crippen LogP contribution in [-0.4, -0.2) is 13.6 Å². The number of aryl methyl sites for hydroxylation is 1. The molecule has 0 aliphatic carbocycles. The summed E-state index contributed by atoms with van der Waals surface area (Å²) in [6.45, 7) is 1.27. The minimum absolute atomic E-state index is 0.947. The number of rotatable bonds is 8. The van der Waals surface area contributed by atoms with Crippen LogP contribution < -0.4 is 11.1 Å². The molecule has 0 radical (unpaired) electrons. The number of nitrogen functional groups attached to an aromatic ring is 1. The van der Waals surface area contributed by atoms with Gasteiger partial charge in [-0.1, -0.05) is 31.0 Å². The minimum atomic E-state index is 0.947. The normalized spacial score (nSPS) is 10.6. The van der Waals surface area contributed by atoms with E-state index in [1.54, 1.807) is 0 Å². The quantitative estimate of drug-likeness (QED) is 0.511. The van der Waals surface area contributed by atoms with Gasteiger partial charge in [0, 0.05) is 5.69 Å². The van der Waals surface area contributed by atoms with Crippen molar-refractivity contribution in [2.45, 2.75) is 38.5 Å². The van der Waals surface area contributed by atoms with Crippen LogP contribution in [0.1, 0.15) is 37.7 Å². The second-order valence-corrected chi connectivity index (χ2v) is 4.41. The molecule has 0 saturated carbocycles. The number of anilines is 1. The molecule has 0 unspecified atom stereocenters. The van der Waals surface area contributed by atoms with Gasteiger partial charge in [0.15, 0.2) is 0 Å². The van der Waals surface area contributed by atoms with Crippen LogP contribution in [-0.2, 0) is 6.42 Å². The van der Waals surface area contributed by atoms with Crippen LogP contribution in [0, 0.1) is 0 Å². The Morgan fingerprint density at radius 1 is 1.00 bits per heavy atom. The summed E-state index contributed by atoms with van der Waals surface area (Å²) >= 11 is 0. The summed E-state index contributed by atoms with van der Waals surface area (Å²) in [6.07, 6.45) is 7.81. The summed E-state index contributed by atoms with van der Waals surface area (Å²) in [4.78, 5) is 0. The lowest BCUT2D eigenvalue weighted by molar-refractivity contribution is -0.627. The summed E-state index contributed by atoms with van der Waals surface area (Å²) in [5.74, 6) is 0. The zero-order chi connectivity index (χ0) is 11.6. The third kappa shape index (κ3) is 5.17. The van der Waals surface area contributed by atoms with Gasteiger partial charge in [-0.15, -0.1) is 0 Å². The minimum Gasteiger partial charge on any atom is -0.399 e. The highest BCUT2D eigenvalue weighted by molar-refractivity contribution is 5.46. The highest BCUT2D eigenvalue weighted by atomic mass is 14.8. The molecule has 0 aliphatic rings. The highest BCUT2D eigenvalue weighted by Gasteiger charge is 1.97. The summed E-state index contributed by atoms with van der Waals surface area (Å²) in [5.41, 5.74) is 8.15. The Morgan fingerprint density at radius 3 is 2.44 bits per heavy atom. The number of hydrogen-bond donors (Lipinski definition) is 2. The highest BCUT2D eigenvalue weighted by Crippen LogP contribution is 2.14. The molecule has 0 fully saturated rings. The van der Waals surface area contributed by atoms with Crippen LogP contribution >= 0.6 is 0 Å². The largest absolute Gasteiger partial charge is 0.399 e. The maximum atomic E-state index is 5.90. The molecule has 16 heavy (non-hydrogen) atoms. The molecule has 0 aromatic heterocycles. The van der Waals surface area contributed by atoms with E-state index >= 15 is 0 Å². The maximum Gasteiger partial charge on any atom is 0.0753 e. The molecule has 0 saturated heterocycles. The summed E-state index contributed by atoms with van der Waals surface area (Å²) in [7, 11) is 2.14. The van der Waals surface area contributed by atoms with Crippen molar-refractivity contribution in [3.8, 4) is 0 Å². The Bertz CT molecular complexity index is 284. The summed E-state index contributed by atoms with van der Waals surface area (Å²) < 4.78 is 0. The van der Waals surface area contributed by atoms with Gasteiger partial charge in [-0.25, -0.2) is 0 Å². The van der Waals surface area contributed by atoms with Crippen molar-refractivity contribution in [1.29, 1.82) is 0 Å². The van der Waals surface area contributed by atoms with E-state index in [0.29, 0.717) is 0 Å². The Labute approximate surface area is 99.2 Å². The monoisotopic (exact) mass is 221 g/mol. The van der Waals surface area contributed by atoms with Crippen LogP contribution in [0.3, 0.4) is 0 Å². The van der Waals surface area contributed by atoms with Gasteiger partial charge in [0.05, 0.1) is 13.6 Å². The molecule has 0 heterocycles. The molecule has 4 N–H and O–H groups in total. The topological polar surface area (TPSA) is 42.6 Å². The van der Waals surface area contributed by atoms with Gasteiger partial charge in [0.25, 0.3) is 0 Å². The second kappa shape index (κ2) is 8.17. The molecule has 0 aliphatic heterocycles. The SMILES string of the molecule is C[NH2+]CCCCCCCc1ccccc1N. The van der Waals surface area contributed by atoms with Gasteiger partial charge in [-0.3, -0.25) is 0 Å². The van der Waals surface area contributed by atoms with Crippen molar-refractivity contribution in [1.82, 2.24) is 0 Å². The van der Waals surface area contributed by atoms with Crippen molar-refractivity contribution in [3.05, 3.63) is 29.8 Å². The third-order valence-corrected chi connectivity index (χ3v) is 2.99. The van der Waals surface area contributed by atoms with Crippen molar-refractivity contribution >= 4 is 5.69 Å². The molecule has 2 nitrogen and oxygen atoms in total. The zero-order valence-electron chi connectivity index (χ0n) is 10.4. The fourth-order valence-electron chi connectivity index (χ4n) is 1.96. The van der Waals surface area contributed by atoms with Gasteiger partial charge >= 0.3 is 0 Å². The zero-order valence-corrected chi connectivity index (χ0v) is 10.4. The van der Waals surface area contributed by atoms with E-state index in [2.05, 4.69) is 24.5 Å². The Morgan fingerprint density at radius 2 is 1.69 bits per heavy atom. The molecule has 1 rings (SSSR count). The van der Waals surface area contributed by atoms with Gasteiger partial charge in [0.2, 0.25) is 0 Å². The van der Waals surface area contributed by atoms with E-state index in [1.807, 2.05) is 12.1 Å². The molecule has 1 aromatic carbocycles. The summed E-state index contributed by atoms with van der Waals surface area (Å²) in [5, 5.41) is 2.25. The van der Waals surface area contributed by atoms with Gasteiger partial charge in [0.1, 0.15) is 0 Å². The van der Waals surface area contributed by atoms with Gasteiger partial charge < -0.3 is 11.1 Å². The van der Waals surface area contributed by atoms with Crippen LogP contribution in [0.5, 0.6) is 0 Å². The van der Waals surface area contributed by atoms with Crippen LogP contribution in [0.2, 0.25) is 0 Å². The molecule has 0 spiro atoms. The van der Waals surface area contributed by atoms with Crippen molar-refractivity contribution in [3.63, 3.8) is 0 Å². The van der Waals surface area contributed by atoms with Gasteiger partial charge in [-0.2, -0.15) is 0 Å². The second-order valence-electron chi connectivity index (χ2n) is 4.41. The lowest BCUT2D eigenvalue weighted by atomic mass is 10.0.